The molecule has 3 heteroatoms. The van der Waals surface area contributed by atoms with Crippen LogP contribution in [0.5, 0.6) is 5.75 Å². The standard InChI is InChI=1S/C18H23NO2/c1-14-7-3-4-9-17(14)13-21-18-10-6-5-8-16(18)12-19-11-15(2)20/h3-10,15,19-20H,11-13H2,1-2H3/t15-/m1/s1. The van der Waals surface area contributed by atoms with E-state index in [0.29, 0.717) is 19.7 Å². The number of hydrogen-bond acceptors (Lipinski definition) is 3. The van der Waals surface area contributed by atoms with Crippen LogP contribution in [-0.4, -0.2) is 17.8 Å². The third-order valence-electron chi connectivity index (χ3n) is 3.37. The molecular weight excluding hydrogens is 262 g/mol. The summed E-state index contributed by atoms with van der Waals surface area (Å²) in [6, 6.07) is 16.2. The third-order valence-corrected chi connectivity index (χ3v) is 3.37. The Morgan fingerprint density at radius 2 is 1.71 bits per heavy atom. The number of aryl methyl sites for hydroxylation is 1. The molecule has 2 aromatic rings. The second-order valence-corrected chi connectivity index (χ2v) is 5.30. The monoisotopic (exact) mass is 285 g/mol. The third kappa shape index (κ3) is 4.88. The molecule has 0 aromatic heterocycles. The highest BCUT2D eigenvalue weighted by Gasteiger charge is 2.05. The predicted octanol–water partition coefficient (Wildman–Crippen LogP) is 3.04. The van der Waals surface area contributed by atoms with E-state index in [1.54, 1.807) is 6.92 Å². The van der Waals surface area contributed by atoms with Crippen LogP contribution in [0.25, 0.3) is 0 Å². The van der Waals surface area contributed by atoms with E-state index in [-0.39, 0.29) is 6.10 Å². The van der Waals surface area contributed by atoms with Gasteiger partial charge in [0, 0.05) is 18.7 Å². The minimum Gasteiger partial charge on any atom is -0.489 e. The molecule has 21 heavy (non-hydrogen) atoms. The first kappa shape index (κ1) is 15.5. The number of aliphatic hydroxyl groups is 1. The van der Waals surface area contributed by atoms with Gasteiger partial charge in [-0.3, -0.25) is 0 Å². The number of nitrogens with one attached hydrogen (secondary N) is 1. The molecule has 0 heterocycles. The van der Waals surface area contributed by atoms with Gasteiger partial charge in [-0.15, -0.1) is 0 Å². The van der Waals surface area contributed by atoms with Crippen molar-refractivity contribution in [2.24, 2.45) is 0 Å². The van der Waals surface area contributed by atoms with Gasteiger partial charge in [0.1, 0.15) is 12.4 Å². The second kappa shape index (κ2) is 7.81. The van der Waals surface area contributed by atoms with Gasteiger partial charge in [0.2, 0.25) is 0 Å². The number of aliphatic hydroxyl groups excluding tert-OH is 1. The molecule has 0 aliphatic carbocycles. The zero-order chi connectivity index (χ0) is 15.1. The molecule has 3 nitrogen and oxygen atoms in total. The Kier molecular flexibility index (Phi) is 5.78. The van der Waals surface area contributed by atoms with Crippen LogP contribution in [0.1, 0.15) is 23.6 Å². The molecule has 0 radical (unpaired) electrons. The highest BCUT2D eigenvalue weighted by atomic mass is 16.5. The summed E-state index contributed by atoms with van der Waals surface area (Å²) in [6.07, 6.45) is -0.343. The van der Waals surface area contributed by atoms with Crippen LogP contribution in [-0.2, 0) is 13.2 Å². The van der Waals surface area contributed by atoms with Crippen molar-refractivity contribution >= 4 is 0 Å². The summed E-state index contributed by atoms with van der Waals surface area (Å²) < 4.78 is 5.96. The Hall–Kier alpha value is -1.84. The molecule has 0 amide bonds. The molecule has 112 valence electrons. The average Bonchev–Trinajstić information content (AvgIpc) is 2.47. The fraction of sp³-hybridized carbons (Fsp3) is 0.333. The minimum atomic E-state index is -0.343. The smallest absolute Gasteiger partial charge is 0.124 e. The Morgan fingerprint density at radius 3 is 2.43 bits per heavy atom. The lowest BCUT2D eigenvalue weighted by Gasteiger charge is -2.14. The molecule has 0 saturated heterocycles. The number of para-hydroxylation sites is 1. The SMILES string of the molecule is Cc1ccccc1COc1ccccc1CNC[C@@H](C)O. The van der Waals surface area contributed by atoms with E-state index in [0.717, 1.165) is 11.3 Å². The summed E-state index contributed by atoms with van der Waals surface area (Å²) in [5, 5.41) is 12.5. The van der Waals surface area contributed by atoms with Crippen LogP contribution < -0.4 is 10.1 Å². The molecule has 0 aliphatic rings. The number of hydrogen-bond donors (Lipinski definition) is 2. The zero-order valence-electron chi connectivity index (χ0n) is 12.7. The number of rotatable bonds is 7. The number of benzene rings is 2. The van der Waals surface area contributed by atoms with Crippen molar-refractivity contribution in [2.45, 2.75) is 33.1 Å². The summed E-state index contributed by atoms with van der Waals surface area (Å²) in [7, 11) is 0. The summed E-state index contributed by atoms with van der Waals surface area (Å²) in [6.45, 7) is 5.70. The van der Waals surface area contributed by atoms with E-state index in [1.807, 2.05) is 36.4 Å². The fourth-order valence-electron chi connectivity index (χ4n) is 2.13. The Labute approximate surface area is 126 Å². The van der Waals surface area contributed by atoms with E-state index in [9.17, 15) is 5.11 Å². The van der Waals surface area contributed by atoms with E-state index in [1.165, 1.54) is 11.1 Å². The number of ether oxygens (including phenoxy) is 1. The van der Waals surface area contributed by atoms with Crippen LogP contribution in [0.2, 0.25) is 0 Å². The average molecular weight is 285 g/mol. The van der Waals surface area contributed by atoms with Gasteiger partial charge in [0.15, 0.2) is 0 Å². The van der Waals surface area contributed by atoms with Crippen LogP contribution >= 0.6 is 0 Å². The maximum atomic E-state index is 9.29. The Morgan fingerprint density at radius 1 is 1.05 bits per heavy atom. The van der Waals surface area contributed by atoms with Crippen molar-refractivity contribution in [3.63, 3.8) is 0 Å². The molecule has 0 saturated carbocycles. The summed E-state index contributed by atoms with van der Waals surface area (Å²) >= 11 is 0. The second-order valence-electron chi connectivity index (χ2n) is 5.30. The molecule has 2 rings (SSSR count). The van der Waals surface area contributed by atoms with E-state index < -0.39 is 0 Å². The Bertz CT molecular complexity index is 567. The maximum absolute atomic E-state index is 9.29. The van der Waals surface area contributed by atoms with Crippen LogP contribution in [0, 0.1) is 6.92 Å². The zero-order valence-corrected chi connectivity index (χ0v) is 12.7. The van der Waals surface area contributed by atoms with Gasteiger partial charge in [-0.1, -0.05) is 42.5 Å². The van der Waals surface area contributed by atoms with E-state index in [2.05, 4.69) is 24.4 Å². The van der Waals surface area contributed by atoms with Gasteiger partial charge in [-0.25, -0.2) is 0 Å². The lowest BCUT2D eigenvalue weighted by atomic mass is 10.1. The minimum absolute atomic E-state index is 0.343. The van der Waals surface area contributed by atoms with Gasteiger partial charge >= 0.3 is 0 Å². The highest BCUT2D eigenvalue weighted by Crippen LogP contribution is 2.20. The molecule has 2 aromatic carbocycles. The molecule has 1 atom stereocenters. The summed E-state index contributed by atoms with van der Waals surface area (Å²) in [5.41, 5.74) is 3.54. The van der Waals surface area contributed by atoms with Crippen molar-refractivity contribution < 1.29 is 9.84 Å². The van der Waals surface area contributed by atoms with Gasteiger partial charge in [0.05, 0.1) is 6.10 Å². The van der Waals surface area contributed by atoms with Crippen LogP contribution in [0.4, 0.5) is 0 Å². The molecular formula is C18H23NO2. The van der Waals surface area contributed by atoms with Crippen molar-refractivity contribution in [3.05, 3.63) is 65.2 Å². The van der Waals surface area contributed by atoms with Gasteiger partial charge in [-0.2, -0.15) is 0 Å². The van der Waals surface area contributed by atoms with E-state index >= 15 is 0 Å². The van der Waals surface area contributed by atoms with E-state index in [4.69, 9.17) is 4.74 Å². The molecule has 0 bridgehead atoms. The Balaban J connectivity index is 1.98. The lowest BCUT2D eigenvalue weighted by Crippen LogP contribution is -2.24. The van der Waals surface area contributed by atoms with Gasteiger partial charge < -0.3 is 15.2 Å². The van der Waals surface area contributed by atoms with Gasteiger partial charge in [0.25, 0.3) is 0 Å². The highest BCUT2D eigenvalue weighted by molar-refractivity contribution is 5.34. The van der Waals surface area contributed by atoms with Gasteiger partial charge in [-0.05, 0) is 31.0 Å². The first-order valence-electron chi connectivity index (χ1n) is 7.31. The normalized spacial score (nSPS) is 12.1. The van der Waals surface area contributed by atoms with Crippen molar-refractivity contribution in [2.75, 3.05) is 6.54 Å². The lowest BCUT2D eigenvalue weighted by molar-refractivity contribution is 0.190. The maximum Gasteiger partial charge on any atom is 0.124 e. The molecule has 0 unspecified atom stereocenters. The van der Waals surface area contributed by atoms with Crippen molar-refractivity contribution in [3.8, 4) is 5.75 Å². The summed E-state index contributed by atoms with van der Waals surface area (Å²) in [4.78, 5) is 0. The fourth-order valence-corrected chi connectivity index (χ4v) is 2.13. The first-order valence-corrected chi connectivity index (χ1v) is 7.31. The molecule has 2 N–H and O–H groups in total. The molecule has 0 spiro atoms. The van der Waals surface area contributed by atoms with Crippen molar-refractivity contribution in [1.29, 1.82) is 0 Å². The summed E-state index contributed by atoms with van der Waals surface area (Å²) in [5.74, 6) is 0.888. The van der Waals surface area contributed by atoms with Crippen LogP contribution in [0.3, 0.4) is 0 Å². The van der Waals surface area contributed by atoms with Crippen LogP contribution in [0.15, 0.2) is 48.5 Å². The topological polar surface area (TPSA) is 41.5 Å². The van der Waals surface area contributed by atoms with Crippen molar-refractivity contribution in [1.82, 2.24) is 5.32 Å². The quantitative estimate of drug-likeness (QED) is 0.821. The first-order chi connectivity index (χ1) is 10.2. The predicted molar refractivity (Wildman–Crippen MR) is 85.3 cm³/mol. The largest absolute Gasteiger partial charge is 0.489 e. The molecule has 0 fully saturated rings. The molecule has 0 aliphatic heterocycles.